The van der Waals surface area contributed by atoms with E-state index in [2.05, 4.69) is 31.1 Å². The number of aromatic nitrogens is 2. The van der Waals surface area contributed by atoms with Crippen molar-refractivity contribution in [2.45, 2.75) is 59.5 Å². The Kier molecular flexibility index (Phi) is 6.71. The Morgan fingerprint density at radius 1 is 1.25 bits per heavy atom. The van der Waals surface area contributed by atoms with E-state index in [0.717, 1.165) is 13.0 Å². The fourth-order valence-corrected chi connectivity index (χ4v) is 2.09. The highest BCUT2D eigenvalue weighted by atomic mass is 16.2. The van der Waals surface area contributed by atoms with Gasteiger partial charge in [0.05, 0.1) is 0 Å². The van der Waals surface area contributed by atoms with Crippen molar-refractivity contribution >= 4 is 0 Å². The summed E-state index contributed by atoms with van der Waals surface area (Å²) in [4.78, 5) is 25.5. The van der Waals surface area contributed by atoms with Crippen LogP contribution in [-0.4, -0.2) is 22.1 Å². The molecule has 0 fully saturated rings. The van der Waals surface area contributed by atoms with Gasteiger partial charge in [-0.3, -0.25) is 14.3 Å². The van der Waals surface area contributed by atoms with E-state index in [1.807, 2.05) is 6.92 Å². The summed E-state index contributed by atoms with van der Waals surface area (Å²) in [7, 11) is 0. The van der Waals surface area contributed by atoms with Crippen LogP contribution in [0, 0.1) is 5.92 Å². The van der Waals surface area contributed by atoms with Crippen LogP contribution in [0.2, 0.25) is 0 Å². The van der Waals surface area contributed by atoms with Crippen molar-refractivity contribution in [3.63, 3.8) is 0 Å². The first kappa shape index (κ1) is 16.7. The maximum absolute atomic E-state index is 11.7. The molecule has 0 aliphatic carbocycles. The molecule has 1 heterocycles. The minimum atomic E-state index is -0.330. The largest absolute Gasteiger partial charge is 0.328 e. The number of nitrogens with zero attached hydrogens (tertiary/aromatic N) is 1. The van der Waals surface area contributed by atoms with Crippen LogP contribution < -0.4 is 16.6 Å². The third-order valence-electron chi connectivity index (χ3n) is 3.49. The average Bonchev–Trinajstić information content (AvgIpc) is 2.39. The Morgan fingerprint density at radius 3 is 2.55 bits per heavy atom. The van der Waals surface area contributed by atoms with Gasteiger partial charge in [-0.05, 0) is 32.1 Å². The van der Waals surface area contributed by atoms with E-state index in [0.29, 0.717) is 30.5 Å². The quantitative estimate of drug-likeness (QED) is 0.759. The number of aromatic amines is 1. The van der Waals surface area contributed by atoms with Gasteiger partial charge in [-0.25, -0.2) is 4.79 Å². The molecule has 0 spiro atoms. The van der Waals surface area contributed by atoms with Crippen LogP contribution in [-0.2, 0) is 13.0 Å². The second-order valence-electron chi connectivity index (χ2n) is 5.79. The second-order valence-corrected chi connectivity index (χ2v) is 5.79. The molecule has 0 bridgehead atoms. The molecule has 1 atom stereocenters. The fourth-order valence-electron chi connectivity index (χ4n) is 2.09. The van der Waals surface area contributed by atoms with Crippen LogP contribution in [0.4, 0.5) is 0 Å². The maximum atomic E-state index is 11.7. The van der Waals surface area contributed by atoms with Crippen molar-refractivity contribution in [1.29, 1.82) is 0 Å². The summed E-state index contributed by atoms with van der Waals surface area (Å²) >= 11 is 0. The zero-order valence-electron chi connectivity index (χ0n) is 13.0. The van der Waals surface area contributed by atoms with Gasteiger partial charge in [0.25, 0.3) is 5.56 Å². The molecule has 1 unspecified atom stereocenters. The summed E-state index contributed by atoms with van der Waals surface area (Å²) in [5.41, 5.74) is 0.0494. The standard InChI is InChI=1S/C15H27N3O2/c1-5-13-10-18(15(20)17-14(13)19)9-8-16-12(4)7-6-11(2)3/h10-12,16H,5-9H2,1-4H3,(H,17,19,20). The highest BCUT2D eigenvalue weighted by Crippen LogP contribution is 2.05. The van der Waals surface area contributed by atoms with E-state index in [4.69, 9.17) is 0 Å². The number of hydrogen-bond acceptors (Lipinski definition) is 3. The summed E-state index contributed by atoms with van der Waals surface area (Å²) in [6.45, 7) is 9.82. The van der Waals surface area contributed by atoms with E-state index >= 15 is 0 Å². The Balaban J connectivity index is 2.50. The van der Waals surface area contributed by atoms with Gasteiger partial charge in [0, 0.05) is 30.9 Å². The predicted octanol–water partition coefficient (Wildman–Crippen LogP) is 1.51. The topological polar surface area (TPSA) is 66.9 Å². The minimum Gasteiger partial charge on any atom is -0.312 e. The fraction of sp³-hybridized carbons (Fsp3) is 0.733. The minimum absolute atomic E-state index is 0.271. The van der Waals surface area contributed by atoms with Gasteiger partial charge in [-0.1, -0.05) is 20.8 Å². The first-order valence-electron chi connectivity index (χ1n) is 7.50. The van der Waals surface area contributed by atoms with Crippen molar-refractivity contribution in [1.82, 2.24) is 14.9 Å². The van der Waals surface area contributed by atoms with Gasteiger partial charge < -0.3 is 5.32 Å². The molecule has 0 aliphatic heterocycles. The molecular weight excluding hydrogens is 254 g/mol. The smallest absolute Gasteiger partial charge is 0.312 e. The highest BCUT2D eigenvalue weighted by molar-refractivity contribution is 5.03. The van der Waals surface area contributed by atoms with E-state index in [1.165, 1.54) is 6.42 Å². The zero-order valence-corrected chi connectivity index (χ0v) is 13.0. The molecule has 0 aliphatic rings. The third kappa shape index (κ3) is 5.33. The van der Waals surface area contributed by atoms with Crippen LogP contribution in [0.3, 0.4) is 0 Å². The van der Waals surface area contributed by atoms with Gasteiger partial charge in [0.1, 0.15) is 0 Å². The average molecular weight is 281 g/mol. The lowest BCUT2D eigenvalue weighted by atomic mass is 10.0. The summed E-state index contributed by atoms with van der Waals surface area (Å²) in [6.07, 6.45) is 4.64. The van der Waals surface area contributed by atoms with E-state index in [-0.39, 0.29) is 11.2 Å². The van der Waals surface area contributed by atoms with Gasteiger partial charge in [-0.2, -0.15) is 0 Å². The molecule has 0 saturated heterocycles. The maximum Gasteiger partial charge on any atom is 0.328 e. The van der Waals surface area contributed by atoms with Gasteiger partial charge in [-0.15, -0.1) is 0 Å². The Labute approximate surface area is 120 Å². The summed E-state index contributed by atoms with van der Waals surface area (Å²) in [5.74, 6) is 0.716. The molecule has 5 heteroatoms. The SMILES string of the molecule is CCc1cn(CCNC(C)CCC(C)C)c(=O)[nH]c1=O. The van der Waals surface area contributed by atoms with Crippen LogP contribution in [0.15, 0.2) is 15.8 Å². The molecule has 0 amide bonds. The zero-order chi connectivity index (χ0) is 15.1. The predicted molar refractivity (Wildman–Crippen MR) is 82.2 cm³/mol. The Hall–Kier alpha value is -1.36. The molecule has 2 N–H and O–H groups in total. The highest BCUT2D eigenvalue weighted by Gasteiger charge is 2.05. The number of aryl methyl sites for hydroxylation is 1. The third-order valence-corrected chi connectivity index (χ3v) is 3.49. The second kappa shape index (κ2) is 8.04. The van der Waals surface area contributed by atoms with Gasteiger partial charge in [0.15, 0.2) is 0 Å². The molecule has 5 nitrogen and oxygen atoms in total. The van der Waals surface area contributed by atoms with Crippen molar-refractivity contribution < 1.29 is 0 Å². The monoisotopic (exact) mass is 281 g/mol. The lowest BCUT2D eigenvalue weighted by Gasteiger charge is -2.15. The molecule has 1 rings (SSSR count). The molecule has 0 aromatic carbocycles. The number of H-pyrrole nitrogens is 1. The van der Waals surface area contributed by atoms with Gasteiger partial charge in [0.2, 0.25) is 0 Å². The van der Waals surface area contributed by atoms with Crippen LogP contribution in [0.1, 0.15) is 46.1 Å². The summed E-state index contributed by atoms with van der Waals surface area (Å²) in [5, 5.41) is 3.41. The summed E-state index contributed by atoms with van der Waals surface area (Å²) < 4.78 is 1.57. The molecule has 0 saturated carbocycles. The van der Waals surface area contributed by atoms with Crippen molar-refractivity contribution in [3.05, 3.63) is 32.6 Å². The van der Waals surface area contributed by atoms with Crippen LogP contribution in [0.25, 0.3) is 0 Å². The Morgan fingerprint density at radius 2 is 1.95 bits per heavy atom. The van der Waals surface area contributed by atoms with Crippen LogP contribution in [0.5, 0.6) is 0 Å². The number of nitrogens with one attached hydrogen (secondary N) is 2. The first-order chi connectivity index (χ1) is 9.43. The molecular formula is C15H27N3O2. The molecule has 20 heavy (non-hydrogen) atoms. The summed E-state index contributed by atoms with van der Waals surface area (Å²) in [6, 6.07) is 0.446. The molecule has 0 radical (unpaired) electrons. The van der Waals surface area contributed by atoms with Gasteiger partial charge >= 0.3 is 5.69 Å². The lowest BCUT2D eigenvalue weighted by Crippen LogP contribution is -2.36. The van der Waals surface area contributed by atoms with E-state index in [1.54, 1.807) is 10.8 Å². The Bertz CT molecular complexity index is 517. The number of hydrogen-bond donors (Lipinski definition) is 2. The first-order valence-corrected chi connectivity index (χ1v) is 7.50. The van der Waals surface area contributed by atoms with E-state index in [9.17, 15) is 9.59 Å². The normalized spacial score (nSPS) is 12.8. The van der Waals surface area contributed by atoms with Crippen molar-refractivity contribution in [2.24, 2.45) is 5.92 Å². The van der Waals surface area contributed by atoms with E-state index < -0.39 is 0 Å². The van der Waals surface area contributed by atoms with Crippen molar-refractivity contribution in [3.8, 4) is 0 Å². The van der Waals surface area contributed by atoms with Crippen molar-refractivity contribution in [2.75, 3.05) is 6.54 Å². The molecule has 1 aromatic heterocycles. The number of rotatable bonds is 8. The lowest BCUT2D eigenvalue weighted by molar-refractivity contribution is 0.438. The molecule has 1 aromatic rings. The molecule has 114 valence electrons. The van der Waals surface area contributed by atoms with Crippen LogP contribution >= 0.6 is 0 Å².